The SMILES string of the molecule is O=C(NCCCC12CC3CC(CCCNC(=O)c4ccc(O)c(O)c4)(C1)CC(CCCNC(=O)c1ccc(O)c(O)c1)(C3)C2)c1ccc(O)c(O)c1. The molecule has 4 saturated carbocycles. The van der Waals surface area contributed by atoms with E-state index < -0.39 is 0 Å². The third kappa shape index (κ3) is 8.16. The van der Waals surface area contributed by atoms with Gasteiger partial charge in [0.15, 0.2) is 34.5 Å². The number of phenols is 6. The van der Waals surface area contributed by atoms with Crippen molar-refractivity contribution in [3.05, 3.63) is 71.3 Å². The molecular weight excluding hydrogens is 666 g/mol. The number of carbonyl (C=O) groups is 3. The van der Waals surface area contributed by atoms with E-state index in [0.717, 1.165) is 77.0 Å². The molecule has 0 radical (unpaired) electrons. The second kappa shape index (κ2) is 14.8. The van der Waals surface area contributed by atoms with E-state index in [2.05, 4.69) is 16.0 Å². The summed E-state index contributed by atoms with van der Waals surface area (Å²) in [6.45, 7) is 1.47. The Morgan fingerprint density at radius 1 is 0.481 bits per heavy atom. The average molecular weight is 716 g/mol. The molecule has 0 spiro atoms. The Morgan fingerprint density at radius 2 is 0.769 bits per heavy atom. The van der Waals surface area contributed by atoms with Gasteiger partial charge in [0.25, 0.3) is 17.7 Å². The van der Waals surface area contributed by atoms with E-state index >= 15 is 0 Å². The summed E-state index contributed by atoms with van der Waals surface area (Å²) in [5, 5.41) is 67.1. The Morgan fingerprint density at radius 3 is 1.04 bits per heavy atom. The monoisotopic (exact) mass is 715 g/mol. The van der Waals surface area contributed by atoms with Crippen LogP contribution in [0.15, 0.2) is 54.6 Å². The maximum atomic E-state index is 12.8. The molecule has 4 aliphatic carbocycles. The van der Waals surface area contributed by atoms with Gasteiger partial charge in [-0.25, -0.2) is 0 Å². The van der Waals surface area contributed by atoms with Crippen molar-refractivity contribution in [3.63, 3.8) is 0 Å². The van der Waals surface area contributed by atoms with Crippen LogP contribution in [0.5, 0.6) is 34.5 Å². The van der Waals surface area contributed by atoms with Gasteiger partial charge >= 0.3 is 0 Å². The van der Waals surface area contributed by atoms with Crippen LogP contribution in [-0.2, 0) is 0 Å². The van der Waals surface area contributed by atoms with Gasteiger partial charge in [-0.15, -0.1) is 0 Å². The molecule has 7 rings (SSSR count). The summed E-state index contributed by atoms with van der Waals surface area (Å²) in [6, 6.07) is 12.1. The fourth-order valence-electron chi connectivity index (χ4n) is 10.2. The maximum Gasteiger partial charge on any atom is 0.251 e. The van der Waals surface area contributed by atoms with Gasteiger partial charge in [0.1, 0.15) is 0 Å². The smallest absolute Gasteiger partial charge is 0.251 e. The van der Waals surface area contributed by atoms with Gasteiger partial charge in [-0.1, -0.05) is 0 Å². The van der Waals surface area contributed by atoms with Crippen LogP contribution in [-0.4, -0.2) is 68.0 Å². The van der Waals surface area contributed by atoms with E-state index in [4.69, 9.17) is 0 Å². The summed E-state index contributed by atoms with van der Waals surface area (Å²) in [5.41, 5.74) is 1.23. The minimum absolute atomic E-state index is 0.126. The Labute approximate surface area is 302 Å². The van der Waals surface area contributed by atoms with E-state index in [9.17, 15) is 45.0 Å². The molecular formula is C40H49N3O9. The lowest BCUT2D eigenvalue weighted by atomic mass is 9.37. The van der Waals surface area contributed by atoms with Crippen LogP contribution in [0, 0.1) is 22.2 Å². The predicted octanol–water partition coefficient (Wildman–Crippen LogP) is 5.81. The van der Waals surface area contributed by atoms with Crippen molar-refractivity contribution in [1.29, 1.82) is 0 Å². The molecule has 12 nitrogen and oxygen atoms in total. The number of amides is 3. The van der Waals surface area contributed by atoms with E-state index in [1.165, 1.54) is 54.6 Å². The first-order valence-corrected chi connectivity index (χ1v) is 18.2. The Kier molecular flexibility index (Phi) is 10.5. The normalized spacial score (nSPS) is 24.3. The molecule has 0 unspecified atom stereocenters. The highest BCUT2D eigenvalue weighted by Gasteiger charge is 2.62. The molecule has 3 aromatic carbocycles. The Hall–Kier alpha value is -5.13. The number of carbonyl (C=O) groups excluding carboxylic acids is 3. The van der Waals surface area contributed by atoms with Crippen LogP contribution < -0.4 is 16.0 Å². The number of hydrogen-bond acceptors (Lipinski definition) is 9. The van der Waals surface area contributed by atoms with E-state index in [-0.39, 0.29) is 85.2 Å². The third-order valence-electron chi connectivity index (χ3n) is 11.6. The number of phenolic OH excluding ortho intramolecular Hbond substituents is 6. The lowest BCUT2D eigenvalue weighted by molar-refractivity contribution is -0.168. The summed E-state index contributed by atoms with van der Waals surface area (Å²) in [7, 11) is 0. The Balaban J connectivity index is 1.08. The van der Waals surface area contributed by atoms with Crippen molar-refractivity contribution >= 4 is 17.7 Å². The van der Waals surface area contributed by atoms with Crippen LogP contribution in [0.25, 0.3) is 0 Å². The predicted molar refractivity (Wildman–Crippen MR) is 193 cm³/mol. The topological polar surface area (TPSA) is 209 Å². The number of nitrogens with one attached hydrogen (secondary N) is 3. The van der Waals surface area contributed by atoms with Gasteiger partial charge in [-0.3, -0.25) is 14.4 Å². The molecule has 3 amide bonds. The van der Waals surface area contributed by atoms with Crippen molar-refractivity contribution in [1.82, 2.24) is 16.0 Å². The summed E-state index contributed by atoms with van der Waals surface area (Å²) in [5.74, 6) is -2.17. The van der Waals surface area contributed by atoms with Crippen LogP contribution in [0.4, 0.5) is 0 Å². The van der Waals surface area contributed by atoms with Crippen molar-refractivity contribution in [3.8, 4) is 34.5 Å². The van der Waals surface area contributed by atoms with Crippen molar-refractivity contribution in [2.24, 2.45) is 22.2 Å². The number of aromatic hydroxyl groups is 6. The lowest BCUT2D eigenvalue weighted by Crippen LogP contribution is -2.57. The molecule has 4 bridgehead atoms. The van der Waals surface area contributed by atoms with Crippen molar-refractivity contribution in [2.75, 3.05) is 19.6 Å². The fraction of sp³-hybridized carbons (Fsp3) is 0.475. The molecule has 12 heteroatoms. The fourth-order valence-corrected chi connectivity index (χ4v) is 10.2. The first-order chi connectivity index (χ1) is 24.8. The zero-order valence-corrected chi connectivity index (χ0v) is 29.3. The number of rotatable bonds is 15. The molecule has 9 N–H and O–H groups in total. The summed E-state index contributed by atoms with van der Waals surface area (Å²) >= 11 is 0. The molecule has 0 atom stereocenters. The van der Waals surface area contributed by atoms with Gasteiger partial charge in [0.05, 0.1) is 0 Å². The summed E-state index contributed by atoms with van der Waals surface area (Å²) in [4.78, 5) is 38.3. The zero-order valence-electron chi connectivity index (χ0n) is 29.3. The number of hydrogen-bond donors (Lipinski definition) is 9. The van der Waals surface area contributed by atoms with Gasteiger partial charge in [0.2, 0.25) is 0 Å². The molecule has 0 saturated heterocycles. The standard InChI is InChI=1S/C40H49N3O9/c44-29-7-4-26(16-32(29)47)35(50)41-13-1-10-38-19-25-20-39(22-38,11-2-14-42-36(51)27-5-8-30(45)33(48)17-27)24-40(21-25,23-38)12-3-15-43-37(52)28-6-9-31(46)34(49)18-28/h4-9,16-18,25,44-49H,1-3,10-15,19-24H2,(H,41,50)(H,42,51)(H,43,52). The van der Waals surface area contributed by atoms with Gasteiger partial charge in [-0.2, -0.15) is 0 Å². The molecule has 4 fully saturated rings. The van der Waals surface area contributed by atoms with Crippen LogP contribution in [0.2, 0.25) is 0 Å². The van der Waals surface area contributed by atoms with Crippen molar-refractivity contribution < 1.29 is 45.0 Å². The number of benzene rings is 3. The minimum atomic E-state index is -0.338. The largest absolute Gasteiger partial charge is 0.504 e. The molecule has 52 heavy (non-hydrogen) atoms. The molecule has 0 heterocycles. The van der Waals surface area contributed by atoms with Gasteiger partial charge in [-0.05, 0) is 154 Å². The van der Waals surface area contributed by atoms with Crippen LogP contribution in [0.3, 0.4) is 0 Å². The zero-order chi connectivity index (χ0) is 37.1. The molecule has 0 aliphatic heterocycles. The van der Waals surface area contributed by atoms with E-state index in [1.54, 1.807) is 0 Å². The van der Waals surface area contributed by atoms with Crippen LogP contribution >= 0.6 is 0 Å². The van der Waals surface area contributed by atoms with Gasteiger partial charge in [0, 0.05) is 36.3 Å². The van der Waals surface area contributed by atoms with Crippen LogP contribution in [0.1, 0.15) is 108 Å². The highest BCUT2D eigenvalue weighted by atomic mass is 16.3. The minimum Gasteiger partial charge on any atom is -0.504 e. The molecule has 0 aromatic heterocycles. The average Bonchev–Trinajstić information content (AvgIpc) is 3.09. The first kappa shape index (κ1) is 36.7. The van der Waals surface area contributed by atoms with E-state index in [1.807, 2.05) is 0 Å². The lowest BCUT2D eigenvalue weighted by Gasteiger charge is -2.67. The van der Waals surface area contributed by atoms with Crippen molar-refractivity contribution in [2.45, 2.75) is 77.0 Å². The van der Waals surface area contributed by atoms with Gasteiger partial charge < -0.3 is 46.6 Å². The third-order valence-corrected chi connectivity index (χ3v) is 11.6. The second-order valence-corrected chi connectivity index (χ2v) is 15.7. The quantitative estimate of drug-likeness (QED) is 0.0686. The van der Waals surface area contributed by atoms with E-state index in [0.29, 0.717) is 25.6 Å². The second-order valence-electron chi connectivity index (χ2n) is 15.7. The highest BCUT2D eigenvalue weighted by Crippen LogP contribution is 2.73. The summed E-state index contributed by atoms with van der Waals surface area (Å²) in [6.07, 6.45) is 12.1. The molecule has 3 aromatic rings. The maximum absolute atomic E-state index is 12.8. The highest BCUT2D eigenvalue weighted by molar-refractivity contribution is 5.95. The summed E-state index contributed by atoms with van der Waals surface area (Å²) < 4.78 is 0. The molecule has 4 aliphatic rings. The first-order valence-electron chi connectivity index (χ1n) is 18.2. The molecule has 278 valence electrons. The Bertz CT molecular complexity index is 1610.